The molecule has 0 heterocycles. The summed E-state index contributed by atoms with van der Waals surface area (Å²) in [5.41, 5.74) is 0. The van der Waals surface area contributed by atoms with Gasteiger partial charge in [-0.1, -0.05) is 38.0 Å². The van der Waals surface area contributed by atoms with E-state index >= 15 is 0 Å². The van der Waals surface area contributed by atoms with E-state index in [1.54, 1.807) is 24.3 Å². The molecule has 12 heavy (non-hydrogen) atoms. The van der Waals surface area contributed by atoms with Crippen LogP contribution in [0.4, 0.5) is 0 Å². The molecule has 0 aliphatic rings. The number of hydrogen-bond donors (Lipinski definition) is 1. The molecular formula is C10H17OP. The fourth-order valence-corrected chi connectivity index (χ4v) is 1.04. The van der Waals surface area contributed by atoms with Crippen LogP contribution in [-0.2, 0) is 0 Å². The van der Waals surface area contributed by atoms with Gasteiger partial charge in [0.2, 0.25) is 0 Å². The van der Waals surface area contributed by atoms with Crippen LogP contribution in [-0.4, -0.2) is 11.3 Å². The molecule has 1 nitrogen and oxygen atoms in total. The Hall–Kier alpha value is -0.550. The predicted octanol–water partition coefficient (Wildman–Crippen LogP) is 3.05. The van der Waals surface area contributed by atoms with E-state index in [2.05, 4.69) is 16.2 Å². The smallest absolute Gasteiger partial charge is 0.115 e. The number of phenols is 1. The zero-order valence-corrected chi connectivity index (χ0v) is 8.69. The molecule has 0 aliphatic heterocycles. The Bertz CT molecular complexity index is 172. The highest BCUT2D eigenvalue weighted by Gasteiger charge is 1.74. The Labute approximate surface area is 77.0 Å². The van der Waals surface area contributed by atoms with Gasteiger partial charge in [-0.25, -0.2) is 0 Å². The predicted molar refractivity (Wildman–Crippen MR) is 57.6 cm³/mol. The van der Waals surface area contributed by atoms with Crippen molar-refractivity contribution in [2.45, 2.75) is 19.8 Å². The Morgan fingerprint density at radius 3 is 2.00 bits per heavy atom. The van der Waals surface area contributed by atoms with Crippen molar-refractivity contribution in [1.82, 2.24) is 0 Å². The Morgan fingerprint density at radius 2 is 1.83 bits per heavy atom. The highest BCUT2D eigenvalue weighted by Crippen LogP contribution is 2.02. The van der Waals surface area contributed by atoms with Gasteiger partial charge in [0.05, 0.1) is 0 Å². The first-order valence-electron chi connectivity index (χ1n) is 4.25. The molecule has 2 heteroatoms. The second-order valence-electron chi connectivity index (χ2n) is 2.48. The second-order valence-corrected chi connectivity index (χ2v) is 3.06. The van der Waals surface area contributed by atoms with Crippen molar-refractivity contribution in [3.8, 4) is 5.75 Å². The van der Waals surface area contributed by atoms with Gasteiger partial charge in [0.15, 0.2) is 0 Å². The monoisotopic (exact) mass is 184 g/mol. The van der Waals surface area contributed by atoms with Crippen LogP contribution in [0.2, 0.25) is 0 Å². The lowest BCUT2D eigenvalue weighted by Crippen LogP contribution is -1.64. The Balaban J connectivity index is 0.000000217. The van der Waals surface area contributed by atoms with Crippen molar-refractivity contribution in [3.05, 3.63) is 30.3 Å². The van der Waals surface area contributed by atoms with E-state index in [0.29, 0.717) is 5.75 Å². The standard InChI is InChI=1S/C6H6O.C4H11P/c7-6-4-2-1-3-5-6;1-2-3-4-5/h1-5,7H;2-5H2,1H3. The molecule has 0 aromatic heterocycles. The molecule has 68 valence electrons. The van der Waals surface area contributed by atoms with E-state index in [1.807, 2.05) is 6.07 Å². The summed E-state index contributed by atoms with van der Waals surface area (Å²) in [6, 6.07) is 8.71. The molecule has 1 N–H and O–H groups in total. The van der Waals surface area contributed by atoms with E-state index in [-0.39, 0.29) is 0 Å². The van der Waals surface area contributed by atoms with Crippen molar-refractivity contribution >= 4 is 9.24 Å². The summed E-state index contributed by atoms with van der Waals surface area (Å²) in [5.74, 6) is 0.322. The minimum Gasteiger partial charge on any atom is -0.508 e. The lowest BCUT2D eigenvalue weighted by Gasteiger charge is -1.82. The average Bonchev–Trinajstić information content (AvgIpc) is 2.08. The van der Waals surface area contributed by atoms with E-state index in [1.165, 1.54) is 19.0 Å². The molecule has 0 fully saturated rings. The quantitative estimate of drug-likeness (QED) is 0.700. The maximum absolute atomic E-state index is 8.63. The second kappa shape index (κ2) is 8.55. The fourth-order valence-electron chi connectivity index (χ4n) is 0.632. The van der Waals surface area contributed by atoms with Crippen molar-refractivity contribution < 1.29 is 5.11 Å². The van der Waals surface area contributed by atoms with Gasteiger partial charge in [0, 0.05) is 0 Å². The SMILES string of the molecule is CCCCP.Oc1ccccc1. The maximum atomic E-state index is 8.63. The summed E-state index contributed by atoms with van der Waals surface area (Å²) in [6.45, 7) is 2.20. The molecule has 0 bridgehead atoms. The van der Waals surface area contributed by atoms with Crippen molar-refractivity contribution in [1.29, 1.82) is 0 Å². The number of rotatable bonds is 2. The summed E-state index contributed by atoms with van der Waals surface area (Å²) in [7, 11) is 2.70. The van der Waals surface area contributed by atoms with Gasteiger partial charge in [-0.15, -0.1) is 9.24 Å². The van der Waals surface area contributed by atoms with E-state index in [0.717, 1.165) is 0 Å². The van der Waals surface area contributed by atoms with Crippen molar-refractivity contribution in [2.75, 3.05) is 6.16 Å². The van der Waals surface area contributed by atoms with Crippen molar-refractivity contribution in [3.63, 3.8) is 0 Å². The first-order valence-corrected chi connectivity index (χ1v) is 5.07. The Morgan fingerprint density at radius 1 is 1.25 bits per heavy atom. The summed E-state index contributed by atoms with van der Waals surface area (Å²) in [4.78, 5) is 0. The largest absolute Gasteiger partial charge is 0.508 e. The van der Waals surface area contributed by atoms with Crippen LogP contribution < -0.4 is 0 Å². The molecule has 1 aromatic rings. The highest BCUT2D eigenvalue weighted by molar-refractivity contribution is 7.16. The molecule has 0 amide bonds. The van der Waals surface area contributed by atoms with Crippen LogP contribution in [0.5, 0.6) is 5.75 Å². The van der Waals surface area contributed by atoms with Gasteiger partial charge < -0.3 is 5.11 Å². The molecule has 0 aliphatic carbocycles. The van der Waals surface area contributed by atoms with E-state index < -0.39 is 0 Å². The molecule has 0 saturated heterocycles. The first-order chi connectivity index (χ1) is 5.81. The summed E-state index contributed by atoms with van der Waals surface area (Å²) in [5, 5.41) is 8.63. The van der Waals surface area contributed by atoms with Crippen LogP contribution in [0.25, 0.3) is 0 Å². The van der Waals surface area contributed by atoms with E-state index in [4.69, 9.17) is 5.11 Å². The molecule has 1 atom stereocenters. The molecule has 1 unspecified atom stereocenters. The first kappa shape index (κ1) is 11.4. The average molecular weight is 184 g/mol. The molecule has 0 radical (unpaired) electrons. The van der Waals surface area contributed by atoms with Crippen LogP contribution in [0.15, 0.2) is 30.3 Å². The topological polar surface area (TPSA) is 20.2 Å². The fraction of sp³-hybridized carbons (Fsp3) is 0.400. The number of para-hydroxylation sites is 1. The minimum atomic E-state index is 0.322. The van der Waals surface area contributed by atoms with Crippen LogP contribution >= 0.6 is 9.24 Å². The third-order valence-corrected chi connectivity index (χ3v) is 1.72. The number of unbranched alkanes of at least 4 members (excludes halogenated alkanes) is 1. The summed E-state index contributed by atoms with van der Waals surface area (Å²) < 4.78 is 0. The van der Waals surface area contributed by atoms with Gasteiger partial charge in [-0.2, -0.15) is 0 Å². The van der Waals surface area contributed by atoms with Gasteiger partial charge in [0.1, 0.15) is 5.75 Å². The Kier molecular flexibility index (Phi) is 8.15. The number of hydrogen-bond acceptors (Lipinski definition) is 1. The highest BCUT2D eigenvalue weighted by atomic mass is 31.0. The molecule has 0 saturated carbocycles. The van der Waals surface area contributed by atoms with E-state index in [9.17, 15) is 0 Å². The van der Waals surface area contributed by atoms with Gasteiger partial charge in [-0.05, 0) is 18.3 Å². The summed E-state index contributed by atoms with van der Waals surface area (Å²) >= 11 is 0. The van der Waals surface area contributed by atoms with Crippen LogP contribution in [0, 0.1) is 0 Å². The summed E-state index contributed by atoms with van der Waals surface area (Å²) in [6.07, 6.45) is 3.94. The zero-order chi connectivity index (χ0) is 9.23. The molecule has 0 spiro atoms. The normalized spacial score (nSPS) is 8.50. The zero-order valence-electron chi connectivity index (χ0n) is 7.53. The third kappa shape index (κ3) is 7.56. The number of benzene rings is 1. The minimum absolute atomic E-state index is 0.322. The van der Waals surface area contributed by atoms with Gasteiger partial charge >= 0.3 is 0 Å². The van der Waals surface area contributed by atoms with Crippen LogP contribution in [0.1, 0.15) is 19.8 Å². The number of aromatic hydroxyl groups is 1. The lowest BCUT2D eigenvalue weighted by atomic mass is 10.3. The molecule has 1 aromatic carbocycles. The number of phenolic OH excluding ortho intramolecular Hbond substituents is 1. The maximum Gasteiger partial charge on any atom is 0.115 e. The molecule has 1 rings (SSSR count). The lowest BCUT2D eigenvalue weighted by molar-refractivity contribution is 0.475. The molecular weight excluding hydrogens is 167 g/mol. The van der Waals surface area contributed by atoms with Gasteiger partial charge in [0.25, 0.3) is 0 Å². The van der Waals surface area contributed by atoms with Gasteiger partial charge in [-0.3, -0.25) is 0 Å². The van der Waals surface area contributed by atoms with Crippen molar-refractivity contribution in [2.24, 2.45) is 0 Å². The van der Waals surface area contributed by atoms with Crippen LogP contribution in [0.3, 0.4) is 0 Å². The third-order valence-electron chi connectivity index (χ3n) is 1.31.